The molecule has 0 saturated carbocycles. The molecule has 0 aliphatic carbocycles. The standard InChI is InChI=1S/C11H15N3S/c1-8-4-3-5-10(9(8)2)13-14-11-12-6-7-15-11/h3-5,13H,6-7H2,1-2H3,(H,12,14). The second kappa shape index (κ2) is 4.57. The molecular formula is C11H15N3S. The molecule has 0 spiro atoms. The van der Waals surface area contributed by atoms with Crippen molar-refractivity contribution < 1.29 is 0 Å². The van der Waals surface area contributed by atoms with Gasteiger partial charge in [0.25, 0.3) is 0 Å². The Morgan fingerprint density at radius 2 is 2.13 bits per heavy atom. The van der Waals surface area contributed by atoms with Crippen LogP contribution in [0.2, 0.25) is 0 Å². The summed E-state index contributed by atoms with van der Waals surface area (Å²) in [5.74, 6) is 1.08. The van der Waals surface area contributed by atoms with Gasteiger partial charge in [0.15, 0.2) is 5.17 Å². The van der Waals surface area contributed by atoms with Gasteiger partial charge in [0, 0.05) is 5.75 Å². The molecule has 0 amide bonds. The van der Waals surface area contributed by atoms with E-state index < -0.39 is 0 Å². The summed E-state index contributed by atoms with van der Waals surface area (Å²) in [6.45, 7) is 5.15. The average Bonchev–Trinajstić information content (AvgIpc) is 2.73. The highest BCUT2D eigenvalue weighted by molar-refractivity contribution is 8.14. The summed E-state index contributed by atoms with van der Waals surface area (Å²) >= 11 is 1.75. The first-order valence-electron chi connectivity index (χ1n) is 5.03. The Morgan fingerprint density at radius 3 is 2.87 bits per heavy atom. The van der Waals surface area contributed by atoms with Gasteiger partial charge < -0.3 is 0 Å². The van der Waals surface area contributed by atoms with Gasteiger partial charge in [-0.3, -0.25) is 15.8 Å². The fourth-order valence-electron chi connectivity index (χ4n) is 1.42. The number of benzene rings is 1. The zero-order valence-corrected chi connectivity index (χ0v) is 9.82. The SMILES string of the molecule is Cc1cccc(NNC2=NCCS2)c1C. The molecule has 0 aromatic heterocycles. The summed E-state index contributed by atoms with van der Waals surface area (Å²) < 4.78 is 0. The molecule has 1 aliphatic heterocycles. The topological polar surface area (TPSA) is 36.4 Å². The highest BCUT2D eigenvalue weighted by Crippen LogP contribution is 2.17. The van der Waals surface area contributed by atoms with E-state index in [1.165, 1.54) is 11.1 Å². The van der Waals surface area contributed by atoms with Gasteiger partial charge in [-0.05, 0) is 31.0 Å². The number of aliphatic imine (C=N–C) groups is 1. The zero-order chi connectivity index (χ0) is 10.7. The van der Waals surface area contributed by atoms with Crippen LogP contribution in [0.1, 0.15) is 11.1 Å². The van der Waals surface area contributed by atoms with Gasteiger partial charge in [0.2, 0.25) is 0 Å². The third kappa shape index (κ3) is 2.45. The van der Waals surface area contributed by atoms with Gasteiger partial charge in [0.05, 0.1) is 12.2 Å². The van der Waals surface area contributed by atoms with Crippen molar-refractivity contribution in [2.24, 2.45) is 4.99 Å². The van der Waals surface area contributed by atoms with Gasteiger partial charge in [-0.2, -0.15) is 0 Å². The number of anilines is 1. The van der Waals surface area contributed by atoms with Crippen LogP contribution in [0.15, 0.2) is 23.2 Å². The van der Waals surface area contributed by atoms with Crippen molar-refractivity contribution >= 4 is 22.6 Å². The number of amidine groups is 1. The molecule has 0 bridgehead atoms. The maximum Gasteiger partial charge on any atom is 0.175 e. The first-order chi connectivity index (χ1) is 7.27. The molecule has 0 unspecified atom stereocenters. The zero-order valence-electron chi connectivity index (χ0n) is 9.00. The number of rotatable bonds is 2. The summed E-state index contributed by atoms with van der Waals surface area (Å²) in [6, 6.07) is 6.23. The normalized spacial score (nSPS) is 14.9. The number of hydrazine groups is 1. The third-order valence-corrected chi connectivity index (χ3v) is 3.39. The Hall–Kier alpha value is -1.16. The van der Waals surface area contributed by atoms with Crippen LogP contribution in [0.25, 0.3) is 0 Å². The minimum absolute atomic E-state index is 0.918. The predicted octanol–water partition coefficient (Wildman–Crippen LogP) is 2.32. The quantitative estimate of drug-likeness (QED) is 0.752. The van der Waals surface area contributed by atoms with Crippen molar-refractivity contribution in [1.29, 1.82) is 0 Å². The fraction of sp³-hybridized carbons (Fsp3) is 0.364. The molecule has 0 atom stereocenters. The van der Waals surface area contributed by atoms with Crippen LogP contribution in [0.3, 0.4) is 0 Å². The molecule has 0 radical (unpaired) electrons. The molecule has 0 saturated heterocycles. The lowest BCUT2D eigenvalue weighted by Gasteiger charge is -2.12. The summed E-state index contributed by atoms with van der Waals surface area (Å²) in [4.78, 5) is 4.31. The van der Waals surface area contributed by atoms with Crippen molar-refractivity contribution in [3.05, 3.63) is 29.3 Å². The van der Waals surface area contributed by atoms with Gasteiger partial charge in [0.1, 0.15) is 0 Å². The van der Waals surface area contributed by atoms with Gasteiger partial charge in [-0.1, -0.05) is 23.9 Å². The summed E-state index contributed by atoms with van der Waals surface area (Å²) in [6.07, 6.45) is 0. The number of nitrogens with zero attached hydrogens (tertiary/aromatic N) is 1. The van der Waals surface area contributed by atoms with E-state index in [1.807, 2.05) is 0 Å². The van der Waals surface area contributed by atoms with E-state index in [-0.39, 0.29) is 0 Å². The maximum absolute atomic E-state index is 4.31. The van der Waals surface area contributed by atoms with E-state index >= 15 is 0 Å². The Bertz CT molecular complexity index is 387. The first-order valence-corrected chi connectivity index (χ1v) is 6.01. The van der Waals surface area contributed by atoms with Crippen LogP contribution in [0, 0.1) is 13.8 Å². The van der Waals surface area contributed by atoms with E-state index in [0.717, 1.165) is 23.2 Å². The molecule has 1 aromatic carbocycles. The van der Waals surface area contributed by atoms with Crippen LogP contribution < -0.4 is 10.9 Å². The Labute approximate surface area is 94.3 Å². The lowest BCUT2D eigenvalue weighted by Crippen LogP contribution is -2.26. The summed E-state index contributed by atoms with van der Waals surface area (Å²) in [7, 11) is 0. The fourth-order valence-corrected chi connectivity index (χ4v) is 2.10. The number of hydrogen-bond donors (Lipinski definition) is 2. The number of nitrogens with one attached hydrogen (secondary N) is 2. The Kier molecular flexibility index (Phi) is 3.16. The van der Waals surface area contributed by atoms with Crippen LogP contribution in [0.5, 0.6) is 0 Å². The lowest BCUT2D eigenvalue weighted by molar-refractivity contribution is 1.09. The monoisotopic (exact) mass is 221 g/mol. The molecule has 0 fully saturated rings. The molecule has 3 nitrogen and oxygen atoms in total. The van der Waals surface area contributed by atoms with Gasteiger partial charge >= 0.3 is 0 Å². The van der Waals surface area contributed by atoms with Crippen molar-refractivity contribution in [1.82, 2.24) is 5.43 Å². The highest BCUT2D eigenvalue weighted by atomic mass is 32.2. The number of thioether (sulfide) groups is 1. The second-order valence-electron chi connectivity index (χ2n) is 3.53. The third-order valence-electron chi connectivity index (χ3n) is 2.49. The molecule has 1 aromatic rings. The predicted molar refractivity (Wildman–Crippen MR) is 67.4 cm³/mol. The minimum Gasteiger partial charge on any atom is -0.299 e. The maximum atomic E-state index is 4.31. The van der Waals surface area contributed by atoms with Crippen molar-refractivity contribution in [2.75, 3.05) is 17.7 Å². The average molecular weight is 221 g/mol. The summed E-state index contributed by atoms with van der Waals surface area (Å²) in [5.41, 5.74) is 10.0. The number of aryl methyl sites for hydroxylation is 1. The highest BCUT2D eigenvalue weighted by Gasteiger charge is 2.06. The van der Waals surface area contributed by atoms with E-state index in [9.17, 15) is 0 Å². The van der Waals surface area contributed by atoms with Crippen molar-refractivity contribution in [2.45, 2.75) is 13.8 Å². The smallest absolute Gasteiger partial charge is 0.175 e. The molecular weight excluding hydrogens is 206 g/mol. The molecule has 2 rings (SSSR count). The van der Waals surface area contributed by atoms with Crippen molar-refractivity contribution in [3.8, 4) is 0 Å². The van der Waals surface area contributed by atoms with Crippen LogP contribution in [-0.2, 0) is 0 Å². The first kappa shape index (κ1) is 10.4. The molecule has 80 valence electrons. The van der Waals surface area contributed by atoms with E-state index in [2.05, 4.69) is 47.9 Å². The minimum atomic E-state index is 0.918. The Morgan fingerprint density at radius 1 is 1.27 bits per heavy atom. The molecule has 1 aliphatic rings. The number of hydrogen-bond acceptors (Lipinski definition) is 4. The molecule has 15 heavy (non-hydrogen) atoms. The lowest BCUT2D eigenvalue weighted by atomic mass is 10.1. The second-order valence-corrected chi connectivity index (χ2v) is 4.62. The van der Waals surface area contributed by atoms with E-state index in [1.54, 1.807) is 11.8 Å². The van der Waals surface area contributed by atoms with Crippen molar-refractivity contribution in [3.63, 3.8) is 0 Å². The molecule has 1 heterocycles. The van der Waals surface area contributed by atoms with Gasteiger partial charge in [-0.15, -0.1) is 0 Å². The van der Waals surface area contributed by atoms with Crippen LogP contribution >= 0.6 is 11.8 Å². The van der Waals surface area contributed by atoms with Crippen LogP contribution in [-0.4, -0.2) is 17.5 Å². The molecule has 4 heteroatoms. The van der Waals surface area contributed by atoms with E-state index in [0.29, 0.717) is 0 Å². The van der Waals surface area contributed by atoms with Crippen LogP contribution in [0.4, 0.5) is 5.69 Å². The largest absolute Gasteiger partial charge is 0.299 e. The molecule has 2 N–H and O–H groups in total. The van der Waals surface area contributed by atoms with Gasteiger partial charge in [-0.25, -0.2) is 0 Å². The Balaban J connectivity index is 2.01. The van der Waals surface area contributed by atoms with E-state index in [4.69, 9.17) is 0 Å². The summed E-state index contributed by atoms with van der Waals surface area (Å²) in [5, 5.41) is 0.982.